The second kappa shape index (κ2) is 6.86. The standard InChI is InChI=1S/C19H16N4OS/c24-18(21-10-8-14-5-2-1-3-6-14)16-17(15-7-4-9-20-13-15)23-11-12-25-19(23)22-16/h1-7,9,11-13H,8,10H2,(H,21,24). The van der Waals surface area contributed by atoms with E-state index in [1.807, 2.05) is 46.3 Å². The highest BCUT2D eigenvalue weighted by Crippen LogP contribution is 2.26. The maximum absolute atomic E-state index is 12.7. The Bertz CT molecular complexity index is 992. The van der Waals surface area contributed by atoms with Crippen molar-refractivity contribution in [3.05, 3.63) is 77.7 Å². The van der Waals surface area contributed by atoms with Crippen molar-refractivity contribution in [2.24, 2.45) is 0 Å². The number of carbonyl (C=O) groups is 1. The highest BCUT2D eigenvalue weighted by molar-refractivity contribution is 7.15. The van der Waals surface area contributed by atoms with E-state index in [9.17, 15) is 4.79 Å². The minimum atomic E-state index is -0.161. The maximum atomic E-state index is 12.7. The Morgan fingerprint density at radius 2 is 2.04 bits per heavy atom. The van der Waals surface area contributed by atoms with Crippen LogP contribution in [0.25, 0.3) is 16.2 Å². The molecule has 1 amide bonds. The highest BCUT2D eigenvalue weighted by Gasteiger charge is 2.20. The number of fused-ring (bicyclic) bond motifs is 1. The van der Waals surface area contributed by atoms with Crippen LogP contribution in [-0.4, -0.2) is 26.8 Å². The van der Waals surface area contributed by atoms with Crippen LogP contribution in [0.3, 0.4) is 0 Å². The average molecular weight is 348 g/mol. The number of pyridine rings is 1. The van der Waals surface area contributed by atoms with Gasteiger partial charge >= 0.3 is 0 Å². The normalized spacial score (nSPS) is 10.9. The van der Waals surface area contributed by atoms with E-state index in [-0.39, 0.29) is 5.91 Å². The van der Waals surface area contributed by atoms with Gasteiger partial charge in [0.05, 0.1) is 5.69 Å². The predicted molar refractivity (Wildman–Crippen MR) is 98.8 cm³/mol. The number of hydrogen-bond donors (Lipinski definition) is 1. The van der Waals surface area contributed by atoms with Crippen molar-refractivity contribution in [1.29, 1.82) is 0 Å². The van der Waals surface area contributed by atoms with E-state index in [0.29, 0.717) is 12.2 Å². The summed E-state index contributed by atoms with van der Waals surface area (Å²) in [6, 6.07) is 13.9. The fraction of sp³-hybridized carbons (Fsp3) is 0.105. The topological polar surface area (TPSA) is 59.3 Å². The SMILES string of the molecule is O=C(NCCc1ccccc1)c1nc2sccn2c1-c1cccnc1. The van der Waals surface area contributed by atoms with E-state index in [1.165, 1.54) is 16.9 Å². The molecule has 5 nitrogen and oxygen atoms in total. The van der Waals surface area contributed by atoms with E-state index in [1.54, 1.807) is 12.4 Å². The molecule has 4 rings (SSSR count). The number of nitrogens with one attached hydrogen (secondary N) is 1. The molecule has 0 atom stereocenters. The summed E-state index contributed by atoms with van der Waals surface area (Å²) in [5, 5.41) is 4.94. The van der Waals surface area contributed by atoms with Gasteiger partial charge in [0.2, 0.25) is 0 Å². The van der Waals surface area contributed by atoms with Crippen LogP contribution in [0.5, 0.6) is 0 Å². The zero-order valence-corrected chi connectivity index (χ0v) is 14.2. The number of hydrogen-bond acceptors (Lipinski definition) is 4. The lowest BCUT2D eigenvalue weighted by molar-refractivity contribution is 0.0950. The van der Waals surface area contributed by atoms with Crippen LogP contribution < -0.4 is 5.32 Å². The molecule has 0 aliphatic heterocycles. The fourth-order valence-corrected chi connectivity index (χ4v) is 3.49. The van der Waals surface area contributed by atoms with Crippen LogP contribution in [0.2, 0.25) is 0 Å². The Balaban J connectivity index is 1.58. The summed E-state index contributed by atoms with van der Waals surface area (Å²) in [5.74, 6) is -0.161. The Hall–Kier alpha value is -2.99. The third-order valence-electron chi connectivity index (χ3n) is 3.95. The van der Waals surface area contributed by atoms with Gasteiger partial charge in [-0.05, 0) is 24.1 Å². The van der Waals surface area contributed by atoms with Crippen molar-refractivity contribution in [2.45, 2.75) is 6.42 Å². The summed E-state index contributed by atoms with van der Waals surface area (Å²) in [6.07, 6.45) is 6.18. The molecule has 0 radical (unpaired) electrons. The monoisotopic (exact) mass is 348 g/mol. The first-order valence-electron chi connectivity index (χ1n) is 8.01. The molecule has 0 aliphatic rings. The van der Waals surface area contributed by atoms with Crippen LogP contribution in [0, 0.1) is 0 Å². The van der Waals surface area contributed by atoms with Gasteiger partial charge in [-0.3, -0.25) is 14.2 Å². The molecule has 0 saturated heterocycles. The third-order valence-corrected chi connectivity index (χ3v) is 4.71. The second-order valence-electron chi connectivity index (χ2n) is 5.60. The summed E-state index contributed by atoms with van der Waals surface area (Å²) >= 11 is 1.51. The van der Waals surface area contributed by atoms with Gasteiger partial charge in [-0.15, -0.1) is 11.3 Å². The first-order chi connectivity index (χ1) is 12.3. The van der Waals surface area contributed by atoms with Crippen molar-refractivity contribution in [1.82, 2.24) is 19.7 Å². The Morgan fingerprint density at radius 1 is 1.16 bits per heavy atom. The average Bonchev–Trinajstić information content (AvgIpc) is 3.24. The fourth-order valence-electron chi connectivity index (χ4n) is 2.77. The molecule has 0 bridgehead atoms. The van der Waals surface area contributed by atoms with Gasteiger partial charge in [0.1, 0.15) is 0 Å². The van der Waals surface area contributed by atoms with Gasteiger partial charge in [-0.1, -0.05) is 30.3 Å². The largest absolute Gasteiger partial charge is 0.350 e. The molecule has 0 unspecified atom stereocenters. The molecule has 25 heavy (non-hydrogen) atoms. The molecule has 1 N–H and O–H groups in total. The summed E-state index contributed by atoms with van der Waals surface area (Å²) in [6.45, 7) is 0.570. The Morgan fingerprint density at radius 3 is 2.84 bits per heavy atom. The van der Waals surface area contributed by atoms with Crippen LogP contribution in [0.4, 0.5) is 0 Å². The summed E-state index contributed by atoms with van der Waals surface area (Å²) in [7, 11) is 0. The molecule has 6 heteroatoms. The molecule has 0 spiro atoms. The molecule has 1 aromatic carbocycles. The number of carbonyl (C=O) groups excluding carboxylic acids is 1. The van der Waals surface area contributed by atoms with Gasteiger partial charge in [0.25, 0.3) is 5.91 Å². The van der Waals surface area contributed by atoms with Crippen LogP contribution >= 0.6 is 11.3 Å². The molecule has 0 fully saturated rings. The number of benzene rings is 1. The van der Waals surface area contributed by atoms with E-state index >= 15 is 0 Å². The summed E-state index contributed by atoms with van der Waals surface area (Å²) in [4.78, 5) is 22.2. The number of amides is 1. The Labute approximate surface area is 149 Å². The van der Waals surface area contributed by atoms with Gasteiger partial charge in [0, 0.05) is 36.1 Å². The van der Waals surface area contributed by atoms with Crippen LogP contribution in [0.15, 0.2) is 66.4 Å². The molecule has 0 aliphatic carbocycles. The molecule has 4 aromatic rings. The molecule has 124 valence electrons. The Kier molecular flexibility index (Phi) is 4.26. The van der Waals surface area contributed by atoms with Crippen molar-refractivity contribution >= 4 is 22.2 Å². The van der Waals surface area contributed by atoms with E-state index in [2.05, 4.69) is 27.4 Å². The quantitative estimate of drug-likeness (QED) is 0.601. The molecular weight excluding hydrogens is 332 g/mol. The van der Waals surface area contributed by atoms with Gasteiger partial charge in [0.15, 0.2) is 10.7 Å². The zero-order valence-electron chi connectivity index (χ0n) is 13.4. The lowest BCUT2D eigenvalue weighted by Gasteiger charge is -2.06. The van der Waals surface area contributed by atoms with E-state index in [0.717, 1.165) is 22.6 Å². The maximum Gasteiger partial charge on any atom is 0.272 e. The molecule has 3 aromatic heterocycles. The van der Waals surface area contributed by atoms with E-state index < -0.39 is 0 Å². The predicted octanol–water partition coefficient (Wildman–Crippen LogP) is 3.43. The third kappa shape index (κ3) is 3.16. The van der Waals surface area contributed by atoms with Crippen molar-refractivity contribution in [3.8, 4) is 11.3 Å². The minimum Gasteiger partial charge on any atom is -0.350 e. The number of imidazole rings is 1. The minimum absolute atomic E-state index is 0.161. The summed E-state index contributed by atoms with van der Waals surface area (Å²) < 4.78 is 1.94. The van der Waals surface area contributed by atoms with Gasteiger partial charge in [-0.25, -0.2) is 4.98 Å². The molecule has 0 saturated carbocycles. The van der Waals surface area contributed by atoms with E-state index in [4.69, 9.17) is 0 Å². The van der Waals surface area contributed by atoms with Crippen molar-refractivity contribution < 1.29 is 4.79 Å². The lowest BCUT2D eigenvalue weighted by Crippen LogP contribution is -2.26. The van der Waals surface area contributed by atoms with Gasteiger partial charge < -0.3 is 5.32 Å². The smallest absolute Gasteiger partial charge is 0.272 e. The number of aromatic nitrogens is 3. The zero-order chi connectivity index (χ0) is 17.1. The second-order valence-corrected chi connectivity index (χ2v) is 6.47. The number of nitrogens with zero attached hydrogens (tertiary/aromatic N) is 3. The number of thiazole rings is 1. The summed E-state index contributed by atoms with van der Waals surface area (Å²) in [5.41, 5.74) is 3.29. The van der Waals surface area contributed by atoms with Crippen LogP contribution in [0.1, 0.15) is 16.1 Å². The van der Waals surface area contributed by atoms with Crippen LogP contribution in [-0.2, 0) is 6.42 Å². The molecular formula is C19H16N4OS. The highest BCUT2D eigenvalue weighted by atomic mass is 32.1. The van der Waals surface area contributed by atoms with Crippen molar-refractivity contribution in [3.63, 3.8) is 0 Å². The number of rotatable bonds is 5. The van der Waals surface area contributed by atoms with Crippen molar-refractivity contribution in [2.75, 3.05) is 6.54 Å². The van der Waals surface area contributed by atoms with Gasteiger partial charge in [-0.2, -0.15) is 0 Å². The first kappa shape index (κ1) is 15.5. The molecule has 3 heterocycles. The first-order valence-corrected chi connectivity index (χ1v) is 8.89. The lowest BCUT2D eigenvalue weighted by atomic mass is 10.1.